The lowest BCUT2D eigenvalue weighted by atomic mass is 10.0. The molecule has 1 aliphatic rings. The Kier molecular flexibility index (Phi) is 2.08. The Hall–Kier alpha value is -0.810. The second-order valence-corrected chi connectivity index (χ2v) is 2.77. The summed E-state index contributed by atoms with van der Waals surface area (Å²) in [7, 11) is 0. The van der Waals surface area contributed by atoms with Crippen molar-refractivity contribution < 1.29 is 5.11 Å². The van der Waals surface area contributed by atoms with E-state index >= 15 is 0 Å². The lowest BCUT2D eigenvalue weighted by Gasteiger charge is -2.15. The summed E-state index contributed by atoms with van der Waals surface area (Å²) < 4.78 is 0. The summed E-state index contributed by atoms with van der Waals surface area (Å²) in [5.74, 6) is 0. The van der Waals surface area contributed by atoms with Gasteiger partial charge in [-0.05, 0) is 18.9 Å². The number of hydrogen-bond acceptors (Lipinski definition) is 2. The topological polar surface area (TPSA) is 44.0 Å². The standard InChI is InChI=1S/C8H11NO/c9-7-3-6-8(10)4-1-2-5-8/h3,6,10H,1-2,4-5H2. The van der Waals surface area contributed by atoms with E-state index in [1.54, 1.807) is 6.08 Å². The van der Waals surface area contributed by atoms with Crippen LogP contribution in [0.1, 0.15) is 25.7 Å². The number of hydrogen-bond donors (Lipinski definition) is 1. The van der Waals surface area contributed by atoms with Gasteiger partial charge in [0.05, 0.1) is 11.7 Å². The van der Waals surface area contributed by atoms with Crippen LogP contribution in [0.4, 0.5) is 0 Å². The highest BCUT2D eigenvalue weighted by Crippen LogP contribution is 2.30. The van der Waals surface area contributed by atoms with Gasteiger partial charge < -0.3 is 5.11 Å². The van der Waals surface area contributed by atoms with Crippen LogP contribution in [0.2, 0.25) is 0 Å². The Morgan fingerprint density at radius 2 is 2.00 bits per heavy atom. The minimum absolute atomic E-state index is 0.657. The molecule has 0 saturated heterocycles. The molecular weight excluding hydrogens is 126 g/mol. The van der Waals surface area contributed by atoms with E-state index in [0.717, 1.165) is 25.7 Å². The van der Waals surface area contributed by atoms with Gasteiger partial charge >= 0.3 is 0 Å². The summed E-state index contributed by atoms with van der Waals surface area (Å²) in [5, 5.41) is 17.8. The van der Waals surface area contributed by atoms with Crippen molar-refractivity contribution in [3.8, 4) is 6.07 Å². The van der Waals surface area contributed by atoms with Crippen LogP contribution in [-0.4, -0.2) is 10.7 Å². The molecule has 0 aromatic rings. The van der Waals surface area contributed by atoms with E-state index in [0.29, 0.717) is 0 Å². The van der Waals surface area contributed by atoms with Gasteiger partial charge in [-0.25, -0.2) is 0 Å². The molecule has 2 heteroatoms. The van der Waals surface area contributed by atoms with Gasteiger partial charge in [-0.1, -0.05) is 12.8 Å². The van der Waals surface area contributed by atoms with E-state index in [4.69, 9.17) is 5.26 Å². The number of aliphatic hydroxyl groups is 1. The second kappa shape index (κ2) is 2.85. The monoisotopic (exact) mass is 137 g/mol. The van der Waals surface area contributed by atoms with Gasteiger partial charge in [0.15, 0.2) is 0 Å². The molecule has 54 valence electrons. The highest BCUT2D eigenvalue weighted by atomic mass is 16.3. The Bertz CT molecular complexity index is 172. The first-order valence-corrected chi connectivity index (χ1v) is 3.57. The normalized spacial score (nSPS) is 23.2. The van der Waals surface area contributed by atoms with E-state index in [2.05, 4.69) is 0 Å². The summed E-state index contributed by atoms with van der Waals surface area (Å²) in [6.07, 6.45) is 6.75. The number of nitrogens with zero attached hydrogens (tertiary/aromatic N) is 1. The summed E-state index contributed by atoms with van der Waals surface area (Å²) in [4.78, 5) is 0. The molecule has 0 amide bonds. The van der Waals surface area contributed by atoms with Crippen molar-refractivity contribution in [1.29, 1.82) is 5.26 Å². The average molecular weight is 137 g/mol. The highest BCUT2D eigenvalue weighted by Gasteiger charge is 2.27. The summed E-state index contributed by atoms with van der Waals surface area (Å²) in [5.41, 5.74) is -0.657. The van der Waals surface area contributed by atoms with Crippen molar-refractivity contribution in [1.82, 2.24) is 0 Å². The minimum atomic E-state index is -0.657. The fourth-order valence-corrected chi connectivity index (χ4v) is 1.35. The van der Waals surface area contributed by atoms with Crippen LogP contribution in [-0.2, 0) is 0 Å². The maximum atomic E-state index is 9.58. The summed E-state index contributed by atoms with van der Waals surface area (Å²) >= 11 is 0. The second-order valence-electron chi connectivity index (χ2n) is 2.77. The molecule has 0 spiro atoms. The third-order valence-electron chi connectivity index (χ3n) is 1.94. The van der Waals surface area contributed by atoms with E-state index in [1.165, 1.54) is 6.08 Å². The van der Waals surface area contributed by atoms with E-state index < -0.39 is 5.60 Å². The molecule has 2 nitrogen and oxygen atoms in total. The van der Waals surface area contributed by atoms with E-state index in [-0.39, 0.29) is 0 Å². The Morgan fingerprint density at radius 1 is 1.40 bits per heavy atom. The zero-order valence-corrected chi connectivity index (χ0v) is 5.88. The molecule has 0 aliphatic heterocycles. The lowest BCUT2D eigenvalue weighted by molar-refractivity contribution is 0.0993. The van der Waals surface area contributed by atoms with Gasteiger partial charge in [0, 0.05) is 6.08 Å². The van der Waals surface area contributed by atoms with Gasteiger partial charge in [0.1, 0.15) is 0 Å². The van der Waals surface area contributed by atoms with Gasteiger partial charge in [0.2, 0.25) is 0 Å². The van der Waals surface area contributed by atoms with Gasteiger partial charge in [-0.15, -0.1) is 0 Å². The molecule has 0 aromatic heterocycles. The third-order valence-corrected chi connectivity index (χ3v) is 1.94. The van der Waals surface area contributed by atoms with Gasteiger partial charge in [-0.3, -0.25) is 0 Å². The zero-order chi connectivity index (χ0) is 7.45. The molecule has 1 rings (SSSR count). The molecule has 1 fully saturated rings. The lowest BCUT2D eigenvalue weighted by Crippen LogP contribution is -2.19. The number of rotatable bonds is 1. The fraction of sp³-hybridized carbons (Fsp3) is 0.625. The quantitative estimate of drug-likeness (QED) is 0.555. The van der Waals surface area contributed by atoms with Gasteiger partial charge in [0.25, 0.3) is 0 Å². The van der Waals surface area contributed by atoms with Crippen LogP contribution in [0, 0.1) is 11.3 Å². The molecule has 1 N–H and O–H groups in total. The predicted octanol–water partition coefficient (Wildman–Crippen LogP) is 1.37. The first kappa shape index (κ1) is 7.30. The third kappa shape index (κ3) is 1.58. The molecule has 0 atom stereocenters. The van der Waals surface area contributed by atoms with Crippen LogP contribution in [0.15, 0.2) is 12.2 Å². The van der Waals surface area contributed by atoms with Crippen LogP contribution in [0.5, 0.6) is 0 Å². The van der Waals surface area contributed by atoms with Crippen LogP contribution in [0.25, 0.3) is 0 Å². The van der Waals surface area contributed by atoms with Gasteiger partial charge in [-0.2, -0.15) is 5.26 Å². The van der Waals surface area contributed by atoms with Crippen molar-refractivity contribution >= 4 is 0 Å². The Morgan fingerprint density at radius 3 is 2.50 bits per heavy atom. The molecule has 0 unspecified atom stereocenters. The molecule has 0 aromatic carbocycles. The van der Waals surface area contributed by atoms with Crippen molar-refractivity contribution in [3.05, 3.63) is 12.2 Å². The molecule has 0 heterocycles. The smallest absolute Gasteiger partial charge is 0.0909 e. The molecule has 0 bridgehead atoms. The molecule has 1 saturated carbocycles. The maximum Gasteiger partial charge on any atom is 0.0909 e. The maximum absolute atomic E-state index is 9.58. The predicted molar refractivity (Wildman–Crippen MR) is 38.2 cm³/mol. The number of allylic oxidation sites excluding steroid dienone is 1. The average Bonchev–Trinajstić information content (AvgIpc) is 2.33. The first-order valence-electron chi connectivity index (χ1n) is 3.57. The minimum Gasteiger partial charge on any atom is -0.386 e. The Balaban J connectivity index is 2.53. The largest absolute Gasteiger partial charge is 0.386 e. The Labute approximate surface area is 60.8 Å². The fourth-order valence-electron chi connectivity index (χ4n) is 1.35. The van der Waals surface area contributed by atoms with Crippen molar-refractivity contribution in [2.75, 3.05) is 0 Å². The van der Waals surface area contributed by atoms with Crippen molar-refractivity contribution in [2.45, 2.75) is 31.3 Å². The highest BCUT2D eigenvalue weighted by molar-refractivity contribution is 5.11. The molecular formula is C8H11NO. The van der Waals surface area contributed by atoms with Crippen LogP contribution >= 0.6 is 0 Å². The van der Waals surface area contributed by atoms with E-state index in [9.17, 15) is 5.11 Å². The van der Waals surface area contributed by atoms with E-state index in [1.807, 2.05) is 6.07 Å². The van der Waals surface area contributed by atoms with Crippen molar-refractivity contribution in [3.63, 3.8) is 0 Å². The van der Waals surface area contributed by atoms with Crippen LogP contribution < -0.4 is 0 Å². The van der Waals surface area contributed by atoms with Crippen molar-refractivity contribution in [2.24, 2.45) is 0 Å². The van der Waals surface area contributed by atoms with Crippen LogP contribution in [0.3, 0.4) is 0 Å². The molecule has 1 aliphatic carbocycles. The molecule has 0 radical (unpaired) electrons. The SMILES string of the molecule is N#CC=CC1(O)CCCC1. The zero-order valence-electron chi connectivity index (χ0n) is 5.88. The summed E-state index contributed by atoms with van der Waals surface area (Å²) in [6.45, 7) is 0. The molecule has 10 heavy (non-hydrogen) atoms. The first-order chi connectivity index (χ1) is 4.77. The number of nitriles is 1. The summed E-state index contributed by atoms with van der Waals surface area (Å²) in [6, 6.07) is 1.88.